The van der Waals surface area contributed by atoms with Crippen molar-refractivity contribution in [1.82, 2.24) is 5.32 Å². The first-order valence-electron chi connectivity index (χ1n) is 9.21. The van der Waals surface area contributed by atoms with Gasteiger partial charge in [-0.2, -0.15) is 8.78 Å². The third-order valence-corrected chi connectivity index (χ3v) is 5.15. The molecule has 5 nitrogen and oxygen atoms in total. The summed E-state index contributed by atoms with van der Waals surface area (Å²) in [5, 5.41) is 5.92. The number of amides is 1. The third kappa shape index (κ3) is 4.71. The van der Waals surface area contributed by atoms with Gasteiger partial charge in [-0.1, -0.05) is 36.8 Å². The van der Waals surface area contributed by atoms with Crippen LogP contribution in [-0.2, 0) is 10.2 Å². The first kappa shape index (κ1) is 19.9. The molecule has 1 saturated carbocycles. The number of carbonyl (C=O) groups excluding carboxylic acids is 1. The molecule has 0 radical (unpaired) electrons. The van der Waals surface area contributed by atoms with Crippen LogP contribution >= 0.6 is 0 Å². The summed E-state index contributed by atoms with van der Waals surface area (Å²) in [5.74, 6) is -0.0418. The third-order valence-electron chi connectivity index (χ3n) is 5.15. The SMILES string of the molecule is COc1ccc(NCC(=O)NCC2(c3ccccc3)CCC2)cc1OC(F)F. The number of hydrogen-bond donors (Lipinski definition) is 2. The molecule has 150 valence electrons. The van der Waals surface area contributed by atoms with Crippen LogP contribution in [0.2, 0.25) is 0 Å². The van der Waals surface area contributed by atoms with Crippen LogP contribution in [0.15, 0.2) is 48.5 Å². The van der Waals surface area contributed by atoms with Gasteiger partial charge in [-0.05, 0) is 30.5 Å². The Morgan fingerprint density at radius 1 is 1.14 bits per heavy atom. The van der Waals surface area contributed by atoms with Gasteiger partial charge in [0.1, 0.15) is 0 Å². The van der Waals surface area contributed by atoms with Crippen molar-refractivity contribution in [3.63, 3.8) is 0 Å². The van der Waals surface area contributed by atoms with Gasteiger partial charge in [0.2, 0.25) is 5.91 Å². The van der Waals surface area contributed by atoms with Crippen LogP contribution < -0.4 is 20.1 Å². The summed E-state index contributed by atoms with van der Waals surface area (Å²) >= 11 is 0. The van der Waals surface area contributed by atoms with Gasteiger partial charge in [0, 0.05) is 23.7 Å². The van der Waals surface area contributed by atoms with Crippen molar-refractivity contribution in [3.05, 3.63) is 54.1 Å². The Morgan fingerprint density at radius 3 is 2.50 bits per heavy atom. The lowest BCUT2D eigenvalue weighted by molar-refractivity contribution is -0.119. The van der Waals surface area contributed by atoms with Crippen molar-refractivity contribution in [3.8, 4) is 11.5 Å². The van der Waals surface area contributed by atoms with Gasteiger partial charge in [-0.3, -0.25) is 4.79 Å². The Kier molecular flexibility index (Phi) is 6.34. The fourth-order valence-electron chi connectivity index (χ4n) is 3.45. The van der Waals surface area contributed by atoms with Crippen LogP contribution in [-0.4, -0.2) is 32.7 Å². The Morgan fingerprint density at radius 2 is 1.89 bits per heavy atom. The van der Waals surface area contributed by atoms with Gasteiger partial charge in [0.15, 0.2) is 11.5 Å². The molecule has 0 aromatic heterocycles. The van der Waals surface area contributed by atoms with E-state index in [1.807, 2.05) is 18.2 Å². The second-order valence-corrected chi connectivity index (χ2v) is 6.87. The molecule has 0 bridgehead atoms. The fraction of sp³-hybridized carbons (Fsp3) is 0.381. The fourth-order valence-corrected chi connectivity index (χ4v) is 3.45. The Balaban J connectivity index is 1.54. The number of benzene rings is 2. The molecule has 1 fully saturated rings. The van der Waals surface area contributed by atoms with Crippen LogP contribution in [0.3, 0.4) is 0 Å². The molecule has 0 aliphatic heterocycles. The summed E-state index contributed by atoms with van der Waals surface area (Å²) in [6.45, 7) is -2.34. The van der Waals surface area contributed by atoms with Gasteiger partial charge < -0.3 is 20.1 Å². The maximum Gasteiger partial charge on any atom is 0.387 e. The number of nitrogens with one attached hydrogen (secondary N) is 2. The van der Waals surface area contributed by atoms with E-state index in [2.05, 4.69) is 27.5 Å². The molecule has 7 heteroatoms. The molecule has 0 unspecified atom stereocenters. The number of anilines is 1. The van der Waals surface area contributed by atoms with Crippen molar-refractivity contribution in [1.29, 1.82) is 0 Å². The molecule has 0 saturated heterocycles. The number of carbonyl (C=O) groups is 1. The van der Waals surface area contributed by atoms with Gasteiger partial charge in [0.05, 0.1) is 13.7 Å². The summed E-state index contributed by atoms with van der Waals surface area (Å²) < 4.78 is 34.5. The molecule has 2 N–H and O–H groups in total. The minimum Gasteiger partial charge on any atom is -0.493 e. The molecule has 1 amide bonds. The van der Waals surface area contributed by atoms with Crippen molar-refractivity contribution in [2.45, 2.75) is 31.3 Å². The van der Waals surface area contributed by atoms with E-state index in [4.69, 9.17) is 4.74 Å². The molecule has 0 heterocycles. The van der Waals surface area contributed by atoms with Crippen molar-refractivity contribution in [2.24, 2.45) is 0 Å². The number of hydrogen-bond acceptors (Lipinski definition) is 4. The Labute approximate surface area is 163 Å². The Bertz CT molecular complexity index is 795. The van der Waals surface area contributed by atoms with Crippen molar-refractivity contribution >= 4 is 11.6 Å². The van der Waals surface area contributed by atoms with E-state index in [-0.39, 0.29) is 29.4 Å². The molecule has 28 heavy (non-hydrogen) atoms. The first-order chi connectivity index (χ1) is 13.5. The lowest BCUT2D eigenvalue weighted by atomic mass is 9.64. The topological polar surface area (TPSA) is 59.6 Å². The highest BCUT2D eigenvalue weighted by atomic mass is 19.3. The zero-order valence-electron chi connectivity index (χ0n) is 15.7. The zero-order valence-corrected chi connectivity index (χ0v) is 15.7. The average Bonchev–Trinajstić information content (AvgIpc) is 2.66. The maximum absolute atomic E-state index is 12.5. The van der Waals surface area contributed by atoms with Crippen LogP contribution in [0.25, 0.3) is 0 Å². The van der Waals surface area contributed by atoms with E-state index >= 15 is 0 Å². The van der Waals surface area contributed by atoms with Gasteiger partial charge in [0.25, 0.3) is 0 Å². The van der Waals surface area contributed by atoms with E-state index in [1.165, 1.54) is 24.8 Å². The zero-order chi connectivity index (χ0) is 20.0. The molecule has 0 atom stereocenters. The normalized spacial score (nSPS) is 14.9. The highest BCUT2D eigenvalue weighted by Gasteiger charge is 2.38. The van der Waals surface area contributed by atoms with Crippen LogP contribution in [0.5, 0.6) is 11.5 Å². The largest absolute Gasteiger partial charge is 0.493 e. The summed E-state index contributed by atoms with van der Waals surface area (Å²) in [4.78, 5) is 12.3. The molecule has 3 rings (SSSR count). The van der Waals surface area contributed by atoms with E-state index in [1.54, 1.807) is 6.07 Å². The predicted octanol–water partition coefficient (Wildman–Crippen LogP) is 3.95. The number of halogens is 2. The lowest BCUT2D eigenvalue weighted by Crippen LogP contribution is -2.46. The van der Waals surface area contributed by atoms with Crippen molar-refractivity contribution < 1.29 is 23.0 Å². The molecular formula is C21H24F2N2O3. The number of methoxy groups -OCH3 is 1. The predicted molar refractivity (Wildman–Crippen MR) is 103 cm³/mol. The minimum atomic E-state index is -2.95. The summed E-state index contributed by atoms with van der Waals surface area (Å²) in [5.41, 5.74) is 1.75. The highest BCUT2D eigenvalue weighted by molar-refractivity contribution is 5.81. The molecule has 1 aliphatic rings. The van der Waals surface area contributed by atoms with Crippen LogP contribution in [0, 0.1) is 0 Å². The monoisotopic (exact) mass is 390 g/mol. The van der Waals surface area contributed by atoms with Crippen LogP contribution in [0.1, 0.15) is 24.8 Å². The van der Waals surface area contributed by atoms with Crippen molar-refractivity contribution in [2.75, 3.05) is 25.5 Å². The van der Waals surface area contributed by atoms with Gasteiger partial charge >= 0.3 is 6.61 Å². The standard InChI is InChI=1S/C21H24F2N2O3/c1-27-17-9-8-16(12-18(17)28-20(22)23)24-13-19(26)25-14-21(10-5-11-21)15-6-3-2-4-7-15/h2-4,6-9,12,20,24H,5,10-11,13-14H2,1H3,(H,25,26). The second-order valence-electron chi connectivity index (χ2n) is 6.87. The maximum atomic E-state index is 12.5. The summed E-state index contributed by atoms with van der Waals surface area (Å²) in [7, 11) is 1.37. The molecule has 1 aliphatic carbocycles. The van der Waals surface area contributed by atoms with E-state index in [0.29, 0.717) is 12.2 Å². The summed E-state index contributed by atoms with van der Waals surface area (Å²) in [6.07, 6.45) is 3.26. The van der Waals surface area contributed by atoms with Gasteiger partial charge in [-0.25, -0.2) is 0 Å². The van der Waals surface area contributed by atoms with Gasteiger partial charge in [-0.15, -0.1) is 0 Å². The Hall–Kier alpha value is -2.83. The molecule has 0 spiro atoms. The van der Waals surface area contributed by atoms with E-state index in [0.717, 1.165) is 19.3 Å². The highest BCUT2D eigenvalue weighted by Crippen LogP contribution is 2.43. The number of ether oxygens (including phenoxy) is 2. The average molecular weight is 390 g/mol. The van der Waals surface area contributed by atoms with E-state index in [9.17, 15) is 13.6 Å². The van der Waals surface area contributed by atoms with Crippen LogP contribution in [0.4, 0.5) is 14.5 Å². The molecule has 2 aromatic carbocycles. The summed E-state index contributed by atoms with van der Waals surface area (Å²) in [6, 6.07) is 14.8. The number of alkyl halides is 2. The quantitative estimate of drug-likeness (QED) is 0.681. The second kappa shape index (κ2) is 8.91. The minimum absolute atomic E-state index is 0.00923. The van der Waals surface area contributed by atoms with E-state index < -0.39 is 6.61 Å². The molecule has 2 aromatic rings. The first-order valence-corrected chi connectivity index (χ1v) is 9.21. The molecular weight excluding hydrogens is 366 g/mol. The smallest absolute Gasteiger partial charge is 0.387 e. The lowest BCUT2D eigenvalue weighted by Gasteiger charge is -2.42. The number of rotatable bonds is 9.